The maximum absolute atomic E-state index is 12.6. The highest BCUT2D eigenvalue weighted by Crippen LogP contribution is 2.59. The lowest BCUT2D eigenvalue weighted by atomic mass is 9.60. The molecule has 1 aromatic heterocycles. The van der Waals surface area contributed by atoms with Gasteiger partial charge in [-0.1, -0.05) is 38.2 Å². The van der Waals surface area contributed by atoms with Gasteiger partial charge in [0.1, 0.15) is 0 Å². The van der Waals surface area contributed by atoms with E-state index >= 15 is 0 Å². The minimum absolute atomic E-state index is 0.188. The van der Waals surface area contributed by atoms with Gasteiger partial charge in [0.05, 0.1) is 12.2 Å². The highest BCUT2D eigenvalue weighted by Gasteiger charge is 2.50. The smallest absolute Gasteiger partial charge is 0.191 e. The van der Waals surface area contributed by atoms with Crippen LogP contribution in [0, 0.1) is 30.1 Å². The molecule has 0 saturated heterocycles. The minimum atomic E-state index is -0.636. The second-order valence-electron chi connectivity index (χ2n) is 10.9. The van der Waals surface area contributed by atoms with Crippen molar-refractivity contribution in [3.8, 4) is 0 Å². The molecule has 0 spiro atoms. The molecule has 3 aliphatic rings. The summed E-state index contributed by atoms with van der Waals surface area (Å²) in [6.45, 7) is 10.8. The van der Waals surface area contributed by atoms with E-state index in [0.717, 1.165) is 29.7 Å². The Morgan fingerprint density at radius 1 is 1.36 bits per heavy atom. The number of rotatable bonds is 6. The van der Waals surface area contributed by atoms with Crippen LogP contribution in [0.15, 0.2) is 40.8 Å². The fourth-order valence-electron chi connectivity index (χ4n) is 6.83. The van der Waals surface area contributed by atoms with Gasteiger partial charge in [-0.3, -0.25) is 4.79 Å². The van der Waals surface area contributed by atoms with Crippen LogP contribution in [0.4, 0.5) is 0 Å². The average molecular weight is 470 g/mol. The van der Waals surface area contributed by atoms with Crippen molar-refractivity contribution in [3.63, 3.8) is 0 Å². The molecule has 3 aliphatic carbocycles. The van der Waals surface area contributed by atoms with Gasteiger partial charge in [0.25, 0.3) is 0 Å². The van der Waals surface area contributed by atoms with E-state index in [1.807, 2.05) is 12.3 Å². The van der Waals surface area contributed by atoms with E-state index in [4.69, 9.17) is 0 Å². The van der Waals surface area contributed by atoms with Gasteiger partial charge in [-0.25, -0.2) is 4.98 Å². The second kappa shape index (κ2) is 9.97. The van der Waals surface area contributed by atoms with Crippen molar-refractivity contribution in [2.75, 3.05) is 0 Å². The van der Waals surface area contributed by atoms with Gasteiger partial charge in [0.15, 0.2) is 10.8 Å². The summed E-state index contributed by atoms with van der Waals surface area (Å²) in [6.07, 6.45) is 11.8. The van der Waals surface area contributed by atoms with E-state index in [1.54, 1.807) is 0 Å². The lowest BCUT2D eigenvalue weighted by Crippen LogP contribution is -2.36. The molecule has 0 radical (unpaired) electrons. The van der Waals surface area contributed by atoms with Crippen LogP contribution < -0.4 is 0 Å². The van der Waals surface area contributed by atoms with E-state index in [1.165, 1.54) is 42.6 Å². The lowest BCUT2D eigenvalue weighted by molar-refractivity contribution is 0.0854. The number of thiazole rings is 1. The molecule has 2 N–H and O–H groups in total. The topological polar surface area (TPSA) is 70.4 Å². The first-order valence-corrected chi connectivity index (χ1v) is 13.5. The van der Waals surface area contributed by atoms with Crippen LogP contribution >= 0.6 is 11.3 Å². The van der Waals surface area contributed by atoms with Gasteiger partial charge >= 0.3 is 0 Å². The molecule has 6 atom stereocenters. The Labute approximate surface area is 202 Å². The number of fused-ring (bicyclic) bond motifs is 1. The summed E-state index contributed by atoms with van der Waals surface area (Å²) >= 11 is 1.47. The first kappa shape index (κ1) is 24.6. The molecule has 0 bridgehead atoms. The molecule has 1 aromatic rings. The van der Waals surface area contributed by atoms with Crippen LogP contribution in [0.5, 0.6) is 0 Å². The van der Waals surface area contributed by atoms with E-state index in [9.17, 15) is 15.0 Å². The van der Waals surface area contributed by atoms with Gasteiger partial charge in [0, 0.05) is 23.9 Å². The fourth-order valence-corrected chi connectivity index (χ4v) is 7.59. The highest BCUT2D eigenvalue weighted by atomic mass is 32.1. The number of carbonyl (C=O) groups excluding carboxylic acids is 1. The Balaban J connectivity index is 1.43. The third-order valence-electron chi connectivity index (χ3n) is 8.67. The molecule has 3 saturated carbocycles. The third-order valence-corrected chi connectivity index (χ3v) is 9.67. The molecule has 0 amide bonds. The summed E-state index contributed by atoms with van der Waals surface area (Å²) in [4.78, 5) is 17.0. The molecule has 5 heteroatoms. The maximum atomic E-state index is 12.6. The Kier molecular flexibility index (Phi) is 7.42. The molecule has 3 fully saturated rings. The van der Waals surface area contributed by atoms with Gasteiger partial charge in [-0.15, -0.1) is 11.3 Å². The van der Waals surface area contributed by atoms with Crippen molar-refractivity contribution < 1.29 is 15.0 Å². The van der Waals surface area contributed by atoms with E-state index in [2.05, 4.69) is 37.6 Å². The molecular weight excluding hydrogens is 430 g/mol. The Hall–Kier alpha value is -1.56. The number of hydrogen-bond acceptors (Lipinski definition) is 5. The number of ketones is 1. The quantitative estimate of drug-likeness (QED) is 0.487. The summed E-state index contributed by atoms with van der Waals surface area (Å²) in [5, 5.41) is 22.8. The van der Waals surface area contributed by atoms with Crippen molar-refractivity contribution >= 4 is 17.1 Å². The summed E-state index contributed by atoms with van der Waals surface area (Å²) in [6, 6.07) is 0. The van der Waals surface area contributed by atoms with E-state index in [-0.39, 0.29) is 11.2 Å². The Morgan fingerprint density at radius 2 is 2.15 bits per heavy atom. The van der Waals surface area contributed by atoms with Crippen LogP contribution in [0.3, 0.4) is 0 Å². The predicted molar refractivity (Wildman–Crippen MR) is 134 cm³/mol. The molecule has 0 aromatic carbocycles. The number of aliphatic hydroxyl groups is 2. The Morgan fingerprint density at radius 3 is 2.88 bits per heavy atom. The van der Waals surface area contributed by atoms with E-state index < -0.39 is 12.2 Å². The van der Waals surface area contributed by atoms with Crippen LogP contribution in [-0.2, 0) is 0 Å². The molecule has 33 heavy (non-hydrogen) atoms. The van der Waals surface area contributed by atoms with Crippen LogP contribution in [-0.4, -0.2) is 33.2 Å². The monoisotopic (exact) mass is 469 g/mol. The minimum Gasteiger partial charge on any atom is -0.393 e. The number of aromatic nitrogens is 1. The lowest BCUT2D eigenvalue weighted by Gasteiger charge is -2.44. The summed E-state index contributed by atoms with van der Waals surface area (Å²) in [5.74, 6) is 1.93. The fraction of sp³-hybridized carbons (Fsp3) is 0.643. The molecule has 4 rings (SSSR count). The molecular formula is C28H39NO3S. The molecule has 1 heterocycles. The number of nitrogens with zero attached hydrogens (tertiary/aromatic N) is 1. The van der Waals surface area contributed by atoms with Gasteiger partial charge < -0.3 is 10.2 Å². The van der Waals surface area contributed by atoms with Crippen LogP contribution in [0.1, 0.15) is 87.1 Å². The summed E-state index contributed by atoms with van der Waals surface area (Å²) in [7, 11) is 0. The van der Waals surface area contributed by atoms with Crippen molar-refractivity contribution in [2.24, 2.45) is 23.2 Å². The number of aryl methyl sites for hydroxylation is 1. The first-order chi connectivity index (χ1) is 15.7. The van der Waals surface area contributed by atoms with Gasteiger partial charge in [-0.05, 0) is 86.2 Å². The maximum Gasteiger partial charge on any atom is 0.191 e. The molecule has 0 unspecified atom stereocenters. The summed E-state index contributed by atoms with van der Waals surface area (Å²) < 4.78 is 0. The van der Waals surface area contributed by atoms with Crippen molar-refractivity contribution in [1.82, 2.24) is 4.98 Å². The zero-order valence-corrected chi connectivity index (χ0v) is 21.2. The first-order valence-electron chi connectivity index (χ1n) is 12.6. The molecule has 0 aliphatic heterocycles. The third kappa shape index (κ3) is 5.11. The van der Waals surface area contributed by atoms with Crippen molar-refractivity contribution in [2.45, 2.75) is 90.8 Å². The SMILES string of the molecule is C=C1/C(=C\C=C2/CCC[C@]3(C)[C@@H]([C@H](C)CCC(=O)c4nc(C)cs4)CC[C@@H]23)C[C@@H](O)C[C@@H]1O. The normalized spacial score (nSPS) is 35.7. The largest absolute Gasteiger partial charge is 0.393 e. The Bertz CT molecular complexity index is 960. The number of Topliss-reactive ketones (excluding diaryl/α,β-unsaturated/α-hetero) is 1. The predicted octanol–water partition coefficient (Wildman–Crippen LogP) is 6.19. The molecule has 180 valence electrons. The van der Waals surface area contributed by atoms with Crippen LogP contribution in [0.2, 0.25) is 0 Å². The number of hydrogen-bond donors (Lipinski definition) is 2. The molecule has 4 nitrogen and oxygen atoms in total. The number of aliphatic hydroxyl groups excluding tert-OH is 2. The number of allylic oxidation sites excluding steroid dienone is 3. The van der Waals surface area contributed by atoms with Gasteiger partial charge in [0.2, 0.25) is 0 Å². The number of carbonyl (C=O) groups is 1. The summed E-state index contributed by atoms with van der Waals surface area (Å²) in [5.41, 5.74) is 4.47. The van der Waals surface area contributed by atoms with E-state index in [0.29, 0.717) is 42.0 Å². The average Bonchev–Trinajstić information content (AvgIpc) is 3.36. The van der Waals surface area contributed by atoms with Crippen molar-refractivity contribution in [3.05, 3.63) is 51.5 Å². The standard InChI is InChI=1S/C28H39NO3S/c1-17(7-12-25(31)27-29-18(2)16-33-27)23-10-11-24-20(6-5-13-28(23,24)4)8-9-21-14-22(30)15-26(32)19(21)3/h8-9,16-17,22-24,26,30,32H,3,5-7,10-15H2,1-2,4H3/b20-8+,21-9-/t17-,22-,23-,24+,26+,28-/m1/s1. The van der Waals surface area contributed by atoms with Gasteiger partial charge in [-0.2, -0.15) is 0 Å². The highest BCUT2D eigenvalue weighted by molar-refractivity contribution is 7.11. The second-order valence-corrected chi connectivity index (χ2v) is 11.8. The van der Waals surface area contributed by atoms with Crippen LogP contribution in [0.25, 0.3) is 0 Å². The zero-order chi connectivity index (χ0) is 23.8. The van der Waals surface area contributed by atoms with Crippen molar-refractivity contribution in [1.29, 1.82) is 0 Å². The zero-order valence-electron chi connectivity index (χ0n) is 20.3.